The lowest BCUT2D eigenvalue weighted by atomic mass is 9.98. The Morgan fingerprint density at radius 1 is 1.48 bits per heavy atom. The second-order valence-corrected chi connectivity index (χ2v) is 6.18. The van der Waals surface area contributed by atoms with Crippen molar-refractivity contribution in [1.29, 1.82) is 5.26 Å². The maximum Gasteiger partial charge on any atom is 0.144 e. The zero-order valence-electron chi connectivity index (χ0n) is 13.4. The molecule has 1 fully saturated rings. The topological polar surface area (TPSA) is 52.0 Å². The SMILES string of the molecule is CCN1CCCC(CNc2nc(C(C)C)ccc2C#N)C1. The van der Waals surface area contributed by atoms with Gasteiger partial charge in [0, 0.05) is 18.8 Å². The molecule has 1 saturated heterocycles. The molecule has 1 aromatic heterocycles. The molecule has 0 amide bonds. The zero-order chi connectivity index (χ0) is 15.2. The number of nitrogens with one attached hydrogen (secondary N) is 1. The Morgan fingerprint density at radius 2 is 2.29 bits per heavy atom. The van der Waals surface area contributed by atoms with Gasteiger partial charge >= 0.3 is 0 Å². The number of rotatable bonds is 5. The fourth-order valence-electron chi connectivity index (χ4n) is 2.87. The van der Waals surface area contributed by atoms with Gasteiger partial charge in [0.15, 0.2) is 0 Å². The van der Waals surface area contributed by atoms with E-state index in [-0.39, 0.29) is 0 Å². The number of nitrogens with zero attached hydrogens (tertiary/aromatic N) is 3. The van der Waals surface area contributed by atoms with E-state index in [1.54, 1.807) is 0 Å². The first-order valence-corrected chi connectivity index (χ1v) is 8.01. The number of hydrogen-bond acceptors (Lipinski definition) is 4. The van der Waals surface area contributed by atoms with Crippen LogP contribution in [-0.4, -0.2) is 36.1 Å². The predicted octanol–water partition coefficient (Wildman–Crippen LogP) is 3.22. The highest BCUT2D eigenvalue weighted by molar-refractivity contribution is 5.52. The molecule has 0 bridgehead atoms. The minimum Gasteiger partial charge on any atom is -0.369 e. The van der Waals surface area contributed by atoms with Crippen LogP contribution in [0.4, 0.5) is 5.82 Å². The molecule has 0 radical (unpaired) electrons. The van der Waals surface area contributed by atoms with Gasteiger partial charge in [0.1, 0.15) is 11.9 Å². The first kappa shape index (κ1) is 15.8. The minimum atomic E-state index is 0.378. The van der Waals surface area contributed by atoms with Gasteiger partial charge in [-0.25, -0.2) is 4.98 Å². The molecule has 0 aromatic carbocycles. The van der Waals surface area contributed by atoms with Crippen molar-refractivity contribution in [2.24, 2.45) is 5.92 Å². The Labute approximate surface area is 128 Å². The van der Waals surface area contributed by atoms with Crippen LogP contribution in [0, 0.1) is 17.2 Å². The molecular weight excluding hydrogens is 260 g/mol. The largest absolute Gasteiger partial charge is 0.369 e. The first-order valence-electron chi connectivity index (χ1n) is 8.01. The molecule has 114 valence electrons. The van der Waals surface area contributed by atoms with Crippen molar-refractivity contribution in [3.05, 3.63) is 23.4 Å². The van der Waals surface area contributed by atoms with Crippen molar-refractivity contribution in [1.82, 2.24) is 9.88 Å². The summed E-state index contributed by atoms with van der Waals surface area (Å²) in [6.45, 7) is 10.9. The standard InChI is InChI=1S/C17H26N4/c1-4-21-9-5-6-14(12-21)11-19-17-15(10-18)7-8-16(20-17)13(2)3/h7-8,13-14H,4-6,9,11-12H2,1-3H3,(H,19,20). The van der Waals surface area contributed by atoms with E-state index in [1.165, 1.54) is 19.4 Å². The van der Waals surface area contributed by atoms with E-state index in [9.17, 15) is 5.26 Å². The molecule has 1 aromatic rings. The van der Waals surface area contributed by atoms with Gasteiger partial charge in [-0.05, 0) is 49.9 Å². The maximum atomic E-state index is 9.23. The lowest BCUT2D eigenvalue weighted by Crippen LogP contribution is -2.37. The van der Waals surface area contributed by atoms with Gasteiger partial charge in [-0.3, -0.25) is 0 Å². The Morgan fingerprint density at radius 3 is 2.95 bits per heavy atom. The van der Waals surface area contributed by atoms with Gasteiger partial charge in [-0.2, -0.15) is 5.26 Å². The molecule has 0 aliphatic carbocycles. The zero-order valence-corrected chi connectivity index (χ0v) is 13.4. The van der Waals surface area contributed by atoms with Crippen molar-refractivity contribution < 1.29 is 0 Å². The summed E-state index contributed by atoms with van der Waals surface area (Å²) >= 11 is 0. The maximum absolute atomic E-state index is 9.23. The van der Waals surface area contributed by atoms with E-state index in [0.29, 0.717) is 17.4 Å². The summed E-state index contributed by atoms with van der Waals surface area (Å²) in [4.78, 5) is 7.12. The van der Waals surface area contributed by atoms with Crippen molar-refractivity contribution in [2.45, 2.75) is 39.5 Å². The number of anilines is 1. The molecule has 4 nitrogen and oxygen atoms in total. The van der Waals surface area contributed by atoms with Gasteiger partial charge in [0.25, 0.3) is 0 Å². The molecule has 1 atom stereocenters. The average Bonchev–Trinajstić information content (AvgIpc) is 2.52. The highest BCUT2D eigenvalue weighted by atomic mass is 15.1. The second-order valence-electron chi connectivity index (χ2n) is 6.18. The molecule has 1 N–H and O–H groups in total. The van der Waals surface area contributed by atoms with Crippen LogP contribution in [-0.2, 0) is 0 Å². The number of pyridine rings is 1. The summed E-state index contributed by atoms with van der Waals surface area (Å²) in [6.07, 6.45) is 2.53. The third-order valence-electron chi connectivity index (χ3n) is 4.24. The van der Waals surface area contributed by atoms with E-state index in [4.69, 9.17) is 0 Å². The molecule has 2 rings (SSSR count). The summed E-state index contributed by atoms with van der Waals surface area (Å²) < 4.78 is 0. The number of hydrogen-bond donors (Lipinski definition) is 1. The molecule has 4 heteroatoms. The van der Waals surface area contributed by atoms with E-state index in [2.05, 4.69) is 42.0 Å². The Hall–Kier alpha value is -1.60. The minimum absolute atomic E-state index is 0.378. The van der Waals surface area contributed by atoms with Crippen LogP contribution in [0.15, 0.2) is 12.1 Å². The Balaban J connectivity index is 2.01. The summed E-state index contributed by atoms with van der Waals surface area (Å²) in [5, 5.41) is 12.6. The smallest absolute Gasteiger partial charge is 0.144 e. The molecular formula is C17H26N4. The van der Waals surface area contributed by atoms with Gasteiger partial charge < -0.3 is 10.2 Å². The molecule has 1 unspecified atom stereocenters. The van der Waals surface area contributed by atoms with Gasteiger partial charge in [-0.1, -0.05) is 20.8 Å². The first-order chi connectivity index (χ1) is 10.1. The third-order valence-corrected chi connectivity index (χ3v) is 4.24. The van der Waals surface area contributed by atoms with Crippen LogP contribution < -0.4 is 5.32 Å². The third kappa shape index (κ3) is 4.18. The molecule has 1 aliphatic rings. The predicted molar refractivity (Wildman–Crippen MR) is 86.4 cm³/mol. The second kappa shape index (κ2) is 7.42. The summed E-state index contributed by atoms with van der Waals surface area (Å²) in [5.41, 5.74) is 1.68. The summed E-state index contributed by atoms with van der Waals surface area (Å²) in [5.74, 6) is 1.77. The van der Waals surface area contributed by atoms with Crippen LogP contribution in [0.2, 0.25) is 0 Å². The molecule has 0 spiro atoms. The fraction of sp³-hybridized carbons (Fsp3) is 0.647. The van der Waals surface area contributed by atoms with Crippen LogP contribution in [0.25, 0.3) is 0 Å². The lowest BCUT2D eigenvalue weighted by molar-refractivity contribution is 0.189. The highest BCUT2D eigenvalue weighted by Crippen LogP contribution is 2.20. The number of aromatic nitrogens is 1. The van der Waals surface area contributed by atoms with Crippen LogP contribution in [0.1, 0.15) is 50.8 Å². The average molecular weight is 286 g/mol. The highest BCUT2D eigenvalue weighted by Gasteiger charge is 2.19. The molecule has 2 heterocycles. The van der Waals surface area contributed by atoms with Crippen LogP contribution in [0.3, 0.4) is 0 Å². The van der Waals surface area contributed by atoms with Crippen molar-refractivity contribution >= 4 is 5.82 Å². The van der Waals surface area contributed by atoms with E-state index < -0.39 is 0 Å². The Bertz CT molecular complexity index is 504. The van der Waals surface area contributed by atoms with Crippen molar-refractivity contribution in [3.8, 4) is 6.07 Å². The molecule has 21 heavy (non-hydrogen) atoms. The monoisotopic (exact) mass is 286 g/mol. The van der Waals surface area contributed by atoms with Gasteiger partial charge in [0.2, 0.25) is 0 Å². The quantitative estimate of drug-likeness (QED) is 0.903. The van der Waals surface area contributed by atoms with Crippen molar-refractivity contribution in [2.75, 3.05) is 31.5 Å². The van der Waals surface area contributed by atoms with E-state index in [1.807, 2.05) is 12.1 Å². The summed E-state index contributed by atoms with van der Waals surface area (Å²) in [6, 6.07) is 6.07. The number of likely N-dealkylation sites (tertiary alicyclic amines) is 1. The fourth-order valence-corrected chi connectivity index (χ4v) is 2.87. The summed E-state index contributed by atoms with van der Waals surface area (Å²) in [7, 11) is 0. The normalized spacial score (nSPS) is 19.5. The Kier molecular flexibility index (Phi) is 5.58. The van der Waals surface area contributed by atoms with Gasteiger partial charge in [-0.15, -0.1) is 0 Å². The van der Waals surface area contributed by atoms with Crippen LogP contribution in [0.5, 0.6) is 0 Å². The van der Waals surface area contributed by atoms with E-state index in [0.717, 1.165) is 31.1 Å². The van der Waals surface area contributed by atoms with E-state index >= 15 is 0 Å². The lowest BCUT2D eigenvalue weighted by Gasteiger charge is -2.32. The number of nitriles is 1. The van der Waals surface area contributed by atoms with Crippen LogP contribution >= 0.6 is 0 Å². The molecule has 1 aliphatic heterocycles. The molecule has 0 saturated carbocycles. The number of piperidine rings is 1. The van der Waals surface area contributed by atoms with Crippen molar-refractivity contribution in [3.63, 3.8) is 0 Å². The van der Waals surface area contributed by atoms with Gasteiger partial charge in [0.05, 0.1) is 5.56 Å².